The Kier molecular flexibility index (Phi) is 4.01. The number of nitrogens with two attached hydrogens (primary N) is 1. The Bertz CT molecular complexity index is 648. The molecule has 2 heterocycles. The van der Waals surface area contributed by atoms with Gasteiger partial charge in [-0.15, -0.1) is 0 Å². The van der Waals surface area contributed by atoms with E-state index in [1.54, 1.807) is 6.20 Å². The van der Waals surface area contributed by atoms with E-state index >= 15 is 0 Å². The average molecular weight is 284 g/mol. The van der Waals surface area contributed by atoms with E-state index in [1.165, 1.54) is 12.8 Å². The highest BCUT2D eigenvalue weighted by molar-refractivity contribution is 6.09. The zero-order valence-corrected chi connectivity index (χ0v) is 12.0. The fraction of sp³-hybridized carbons (Fsp3) is 0.375. The lowest BCUT2D eigenvalue weighted by Crippen LogP contribution is -2.32. The van der Waals surface area contributed by atoms with Gasteiger partial charge in [-0.2, -0.15) is 0 Å². The van der Waals surface area contributed by atoms with Gasteiger partial charge in [-0.3, -0.25) is 4.79 Å². The van der Waals surface area contributed by atoms with Crippen LogP contribution in [0.25, 0.3) is 10.8 Å². The van der Waals surface area contributed by atoms with E-state index in [2.05, 4.69) is 10.4 Å². The summed E-state index contributed by atoms with van der Waals surface area (Å²) in [5, 5.41) is 1.77. The van der Waals surface area contributed by atoms with Crippen molar-refractivity contribution in [1.29, 1.82) is 0 Å². The lowest BCUT2D eigenvalue weighted by atomic mass is 10.1. The maximum atomic E-state index is 12.8. The van der Waals surface area contributed by atoms with Crippen molar-refractivity contribution in [2.24, 2.45) is 5.84 Å². The third-order valence-electron chi connectivity index (χ3n) is 4.06. The van der Waals surface area contributed by atoms with Gasteiger partial charge in [-0.05, 0) is 18.2 Å². The number of likely N-dealkylation sites (tertiary alicyclic amines) is 1. The van der Waals surface area contributed by atoms with E-state index in [0.29, 0.717) is 11.4 Å². The van der Waals surface area contributed by atoms with Crippen molar-refractivity contribution in [3.63, 3.8) is 0 Å². The molecule has 5 heteroatoms. The second-order valence-electron chi connectivity index (χ2n) is 5.42. The number of anilines is 1. The molecule has 1 aromatic heterocycles. The topological polar surface area (TPSA) is 71.2 Å². The smallest absolute Gasteiger partial charge is 0.256 e. The van der Waals surface area contributed by atoms with Gasteiger partial charge < -0.3 is 10.3 Å². The number of pyridine rings is 1. The zero-order chi connectivity index (χ0) is 14.7. The van der Waals surface area contributed by atoms with Crippen LogP contribution in [0, 0.1) is 0 Å². The lowest BCUT2D eigenvalue weighted by Gasteiger charge is -2.21. The number of nitrogens with one attached hydrogen (secondary N) is 1. The predicted molar refractivity (Wildman–Crippen MR) is 83.9 cm³/mol. The first-order valence-electron chi connectivity index (χ1n) is 7.45. The number of nitrogen functional groups attached to an aromatic ring is 1. The van der Waals surface area contributed by atoms with Crippen LogP contribution in [-0.4, -0.2) is 28.9 Å². The molecule has 3 rings (SSSR count). The minimum atomic E-state index is 0.0733. The summed E-state index contributed by atoms with van der Waals surface area (Å²) in [7, 11) is 0. The van der Waals surface area contributed by atoms with Crippen molar-refractivity contribution >= 4 is 22.5 Å². The van der Waals surface area contributed by atoms with E-state index in [1.807, 2.05) is 29.2 Å². The molecule has 3 N–H and O–H groups in total. The number of benzene rings is 1. The Labute approximate surface area is 124 Å². The van der Waals surface area contributed by atoms with Gasteiger partial charge in [-0.25, -0.2) is 10.8 Å². The first kappa shape index (κ1) is 13.8. The summed E-state index contributed by atoms with van der Waals surface area (Å²) < 4.78 is 0. The molecule has 0 spiro atoms. The first-order valence-corrected chi connectivity index (χ1v) is 7.45. The highest BCUT2D eigenvalue weighted by Gasteiger charge is 2.20. The number of carbonyl (C=O) groups excluding carboxylic acids is 1. The summed E-state index contributed by atoms with van der Waals surface area (Å²) in [6, 6.07) is 7.73. The molecular weight excluding hydrogens is 264 g/mol. The number of hydrogen-bond acceptors (Lipinski definition) is 4. The summed E-state index contributed by atoms with van der Waals surface area (Å²) in [6.07, 6.45) is 6.21. The summed E-state index contributed by atoms with van der Waals surface area (Å²) >= 11 is 0. The average Bonchev–Trinajstić information content (AvgIpc) is 2.82. The van der Waals surface area contributed by atoms with Crippen LogP contribution in [0.15, 0.2) is 30.5 Å². The lowest BCUT2D eigenvalue weighted by molar-refractivity contribution is 0.0763. The molecule has 0 atom stereocenters. The molecule has 21 heavy (non-hydrogen) atoms. The largest absolute Gasteiger partial charge is 0.339 e. The van der Waals surface area contributed by atoms with E-state index in [0.717, 1.165) is 36.7 Å². The fourth-order valence-electron chi connectivity index (χ4n) is 2.92. The Morgan fingerprint density at radius 1 is 1.10 bits per heavy atom. The highest BCUT2D eigenvalue weighted by Crippen LogP contribution is 2.25. The van der Waals surface area contributed by atoms with Gasteiger partial charge in [0, 0.05) is 24.7 Å². The number of hydrazine groups is 1. The molecule has 1 saturated heterocycles. The van der Waals surface area contributed by atoms with Gasteiger partial charge in [0.1, 0.15) is 5.82 Å². The molecule has 1 aliphatic rings. The van der Waals surface area contributed by atoms with Crippen molar-refractivity contribution in [2.75, 3.05) is 18.5 Å². The van der Waals surface area contributed by atoms with Crippen LogP contribution in [0.4, 0.5) is 5.82 Å². The standard InChI is InChI=1S/C16H20N4O/c17-19-15-13-8-4-3-7-12(13)14(11-18-15)16(21)20-9-5-1-2-6-10-20/h3-4,7-8,11H,1-2,5-6,9-10,17H2,(H,18,19). The summed E-state index contributed by atoms with van der Waals surface area (Å²) in [5.74, 6) is 6.17. The van der Waals surface area contributed by atoms with Crippen LogP contribution in [-0.2, 0) is 0 Å². The van der Waals surface area contributed by atoms with Crippen LogP contribution in [0.5, 0.6) is 0 Å². The molecule has 0 bridgehead atoms. The fourth-order valence-corrected chi connectivity index (χ4v) is 2.92. The molecule has 1 aromatic carbocycles. The van der Waals surface area contributed by atoms with Crippen molar-refractivity contribution in [2.45, 2.75) is 25.7 Å². The van der Waals surface area contributed by atoms with Crippen LogP contribution in [0.3, 0.4) is 0 Å². The predicted octanol–water partition coefficient (Wildman–Crippen LogP) is 2.54. The second kappa shape index (κ2) is 6.10. The van der Waals surface area contributed by atoms with Crippen LogP contribution in [0.2, 0.25) is 0 Å². The third-order valence-corrected chi connectivity index (χ3v) is 4.06. The van der Waals surface area contributed by atoms with E-state index in [-0.39, 0.29) is 5.91 Å². The van der Waals surface area contributed by atoms with E-state index < -0.39 is 0 Å². The highest BCUT2D eigenvalue weighted by atomic mass is 16.2. The number of carbonyl (C=O) groups is 1. The van der Waals surface area contributed by atoms with Gasteiger partial charge in [-0.1, -0.05) is 37.1 Å². The quantitative estimate of drug-likeness (QED) is 0.656. The molecule has 0 unspecified atom stereocenters. The molecule has 2 aromatic rings. The summed E-state index contributed by atoms with van der Waals surface area (Å²) in [4.78, 5) is 19.0. The molecule has 0 saturated carbocycles. The monoisotopic (exact) mass is 284 g/mol. The summed E-state index contributed by atoms with van der Waals surface area (Å²) in [6.45, 7) is 1.67. The van der Waals surface area contributed by atoms with Crippen molar-refractivity contribution in [3.8, 4) is 0 Å². The number of rotatable bonds is 2. The SMILES string of the molecule is NNc1ncc(C(=O)N2CCCCCC2)c2ccccc12. The van der Waals surface area contributed by atoms with Crippen molar-refractivity contribution < 1.29 is 4.79 Å². The Balaban J connectivity index is 2.01. The molecule has 110 valence electrons. The number of aromatic nitrogens is 1. The van der Waals surface area contributed by atoms with E-state index in [9.17, 15) is 4.79 Å². The minimum Gasteiger partial charge on any atom is -0.339 e. The molecular formula is C16H20N4O. The molecule has 0 radical (unpaired) electrons. The Hall–Kier alpha value is -2.14. The number of fused-ring (bicyclic) bond motifs is 1. The summed E-state index contributed by atoms with van der Waals surface area (Å²) in [5.41, 5.74) is 3.25. The van der Waals surface area contributed by atoms with Gasteiger partial charge in [0.2, 0.25) is 0 Å². The number of amides is 1. The molecule has 5 nitrogen and oxygen atoms in total. The molecule has 0 aliphatic carbocycles. The molecule has 1 amide bonds. The molecule has 1 fully saturated rings. The Morgan fingerprint density at radius 3 is 2.43 bits per heavy atom. The van der Waals surface area contributed by atoms with Crippen molar-refractivity contribution in [3.05, 3.63) is 36.0 Å². The maximum Gasteiger partial charge on any atom is 0.256 e. The van der Waals surface area contributed by atoms with Gasteiger partial charge >= 0.3 is 0 Å². The number of hydrogen-bond donors (Lipinski definition) is 2. The third kappa shape index (κ3) is 2.69. The number of nitrogens with zero attached hydrogens (tertiary/aromatic N) is 2. The zero-order valence-electron chi connectivity index (χ0n) is 12.0. The van der Waals surface area contributed by atoms with Crippen LogP contribution < -0.4 is 11.3 Å². The van der Waals surface area contributed by atoms with Crippen molar-refractivity contribution in [1.82, 2.24) is 9.88 Å². The van der Waals surface area contributed by atoms with Gasteiger partial charge in [0.05, 0.1) is 5.56 Å². The normalized spacial score (nSPS) is 15.8. The van der Waals surface area contributed by atoms with Crippen LogP contribution in [0.1, 0.15) is 36.0 Å². The van der Waals surface area contributed by atoms with Crippen LogP contribution >= 0.6 is 0 Å². The van der Waals surface area contributed by atoms with Gasteiger partial charge in [0.25, 0.3) is 5.91 Å². The second-order valence-corrected chi connectivity index (χ2v) is 5.42. The van der Waals surface area contributed by atoms with Gasteiger partial charge in [0.15, 0.2) is 0 Å². The first-order chi connectivity index (χ1) is 10.3. The molecule has 1 aliphatic heterocycles. The maximum absolute atomic E-state index is 12.8. The minimum absolute atomic E-state index is 0.0733. The Morgan fingerprint density at radius 2 is 1.76 bits per heavy atom. The van der Waals surface area contributed by atoms with E-state index in [4.69, 9.17) is 5.84 Å².